The number of nitrogens with zero attached hydrogens (tertiary/aromatic N) is 1. The van der Waals surface area contributed by atoms with Crippen LogP contribution in [-0.4, -0.2) is 34.5 Å². The van der Waals surface area contributed by atoms with Gasteiger partial charge < -0.3 is 19.8 Å². The van der Waals surface area contributed by atoms with E-state index in [2.05, 4.69) is 4.84 Å². The highest BCUT2D eigenvalue weighted by Gasteiger charge is 2.14. The molecule has 1 aromatic rings. The summed E-state index contributed by atoms with van der Waals surface area (Å²) in [7, 11) is 0. The molecule has 8 heteroatoms. The lowest BCUT2D eigenvalue weighted by Crippen LogP contribution is -2.08. The van der Waals surface area contributed by atoms with Crippen molar-refractivity contribution in [2.24, 2.45) is 0 Å². The lowest BCUT2D eigenvalue weighted by Gasteiger charge is -2.13. The molecule has 0 amide bonds. The van der Waals surface area contributed by atoms with Gasteiger partial charge in [-0.25, -0.2) is 0 Å². The van der Waals surface area contributed by atoms with E-state index in [9.17, 15) is 25.1 Å². The average Bonchev–Trinajstić information content (AvgIpc) is 2.54. The number of esters is 1. The summed E-state index contributed by atoms with van der Waals surface area (Å²) in [6, 6.07) is 0. The molecule has 0 aliphatic heterocycles. The number of hydrogen-bond acceptors (Lipinski definition) is 7. The molecule has 0 spiro atoms. The normalized spacial score (nSPS) is 10.8. The van der Waals surface area contributed by atoms with Gasteiger partial charge in [0.15, 0.2) is 0 Å². The molecule has 0 heterocycles. The van der Waals surface area contributed by atoms with Gasteiger partial charge in [-0.2, -0.15) is 0 Å². The molecule has 132 valence electrons. The van der Waals surface area contributed by atoms with E-state index in [1.807, 2.05) is 0 Å². The third kappa shape index (κ3) is 5.15. The number of hydrogen-bond donors (Lipinski definition) is 2. The van der Waals surface area contributed by atoms with E-state index in [1.165, 1.54) is 0 Å². The Hall–Kier alpha value is -2.77. The molecule has 0 fully saturated rings. The quantitative estimate of drug-likeness (QED) is 0.245. The van der Waals surface area contributed by atoms with Gasteiger partial charge in [-0.3, -0.25) is 4.79 Å². The van der Waals surface area contributed by atoms with Crippen LogP contribution in [0.4, 0.5) is 0 Å². The van der Waals surface area contributed by atoms with Gasteiger partial charge in [-0.1, -0.05) is 6.08 Å². The molecule has 0 saturated heterocycles. The van der Waals surface area contributed by atoms with E-state index in [0.29, 0.717) is 22.3 Å². The third-order valence-electron chi connectivity index (χ3n) is 3.63. The smallest absolute Gasteiger partial charge is 0.306 e. The van der Waals surface area contributed by atoms with Crippen LogP contribution in [0.5, 0.6) is 11.5 Å². The van der Waals surface area contributed by atoms with Crippen LogP contribution in [0.2, 0.25) is 0 Å². The molecule has 1 aromatic carbocycles. The van der Waals surface area contributed by atoms with Gasteiger partial charge in [0.05, 0.1) is 6.61 Å². The van der Waals surface area contributed by atoms with Gasteiger partial charge in [0.25, 0.3) is 5.09 Å². The first kappa shape index (κ1) is 19.3. The standard InChI is InChI=1S/C16H21NO7/c1-10-11(2)16(20)13(12(3)15(10)19)6-4-8-23-14(18)7-5-9-24-17(21)22/h4,6,19-20H,5,7-9H2,1-3H3/b6-4+. The maximum Gasteiger partial charge on any atom is 0.306 e. The van der Waals surface area contributed by atoms with Gasteiger partial charge in [0, 0.05) is 17.5 Å². The highest BCUT2D eigenvalue weighted by atomic mass is 16.9. The zero-order valence-corrected chi connectivity index (χ0v) is 13.9. The van der Waals surface area contributed by atoms with Crippen molar-refractivity contribution in [3.63, 3.8) is 0 Å². The van der Waals surface area contributed by atoms with Crippen LogP contribution in [0.1, 0.15) is 35.1 Å². The average molecular weight is 339 g/mol. The fourth-order valence-corrected chi connectivity index (χ4v) is 2.08. The summed E-state index contributed by atoms with van der Waals surface area (Å²) >= 11 is 0. The summed E-state index contributed by atoms with van der Waals surface area (Å²) in [6.07, 6.45) is 3.31. The summed E-state index contributed by atoms with van der Waals surface area (Å²) in [5.74, 6) is -0.314. The Morgan fingerprint density at radius 3 is 2.42 bits per heavy atom. The van der Waals surface area contributed by atoms with E-state index in [0.717, 1.165) is 0 Å². The van der Waals surface area contributed by atoms with Crippen molar-refractivity contribution in [2.75, 3.05) is 13.2 Å². The molecule has 0 radical (unpaired) electrons. The van der Waals surface area contributed by atoms with Crippen molar-refractivity contribution in [3.05, 3.63) is 38.4 Å². The molecule has 1 rings (SSSR count). The maximum atomic E-state index is 11.4. The predicted octanol–water partition coefficient (Wildman–Crippen LogP) is 2.57. The van der Waals surface area contributed by atoms with Crippen LogP contribution in [0.15, 0.2) is 6.08 Å². The predicted molar refractivity (Wildman–Crippen MR) is 86.2 cm³/mol. The summed E-state index contributed by atoms with van der Waals surface area (Å²) in [6.45, 7) is 4.93. The molecule has 0 saturated carbocycles. The minimum absolute atomic E-state index is 0.0103. The first-order chi connectivity index (χ1) is 11.3. The van der Waals surface area contributed by atoms with Crippen molar-refractivity contribution in [3.8, 4) is 11.5 Å². The molecule has 8 nitrogen and oxygen atoms in total. The van der Waals surface area contributed by atoms with Gasteiger partial charge in [-0.15, -0.1) is 10.1 Å². The molecule has 2 N–H and O–H groups in total. The van der Waals surface area contributed by atoms with E-state index < -0.39 is 11.1 Å². The van der Waals surface area contributed by atoms with Crippen LogP contribution < -0.4 is 0 Å². The van der Waals surface area contributed by atoms with Crippen molar-refractivity contribution in [1.82, 2.24) is 0 Å². The second-order valence-corrected chi connectivity index (χ2v) is 5.23. The third-order valence-corrected chi connectivity index (χ3v) is 3.63. The summed E-state index contributed by atoms with van der Waals surface area (Å²) in [4.78, 5) is 25.4. The number of rotatable bonds is 8. The van der Waals surface area contributed by atoms with Crippen molar-refractivity contribution in [2.45, 2.75) is 33.6 Å². The van der Waals surface area contributed by atoms with Crippen LogP contribution in [0.3, 0.4) is 0 Å². The molecular weight excluding hydrogens is 318 g/mol. The second-order valence-electron chi connectivity index (χ2n) is 5.23. The number of carbonyl (C=O) groups is 1. The molecule has 0 unspecified atom stereocenters. The number of phenols is 2. The molecule has 0 aliphatic rings. The highest BCUT2D eigenvalue weighted by Crippen LogP contribution is 2.36. The minimum Gasteiger partial charge on any atom is -0.507 e. The number of benzene rings is 1. The first-order valence-electron chi connectivity index (χ1n) is 7.36. The molecule has 0 bridgehead atoms. The van der Waals surface area contributed by atoms with Gasteiger partial charge >= 0.3 is 5.97 Å². The summed E-state index contributed by atoms with van der Waals surface area (Å²) in [5, 5.41) is 29.2. The molecule has 0 atom stereocenters. The summed E-state index contributed by atoms with van der Waals surface area (Å²) < 4.78 is 4.94. The SMILES string of the molecule is Cc1c(C)c(O)c(/C=C/COC(=O)CCCO[N+](=O)[O-])c(C)c1O. The van der Waals surface area contributed by atoms with Crippen molar-refractivity contribution in [1.29, 1.82) is 0 Å². The Morgan fingerprint density at radius 2 is 1.79 bits per heavy atom. The molecule has 0 aliphatic carbocycles. The number of aromatic hydroxyl groups is 2. The Kier molecular flexibility index (Phi) is 7.03. The van der Waals surface area contributed by atoms with Crippen LogP contribution in [0, 0.1) is 30.9 Å². The Labute approximate surface area is 139 Å². The van der Waals surface area contributed by atoms with E-state index in [4.69, 9.17) is 4.74 Å². The van der Waals surface area contributed by atoms with Gasteiger partial charge in [0.1, 0.15) is 18.1 Å². The molecular formula is C16H21NO7. The largest absolute Gasteiger partial charge is 0.507 e. The Bertz CT molecular complexity index is 623. The highest BCUT2D eigenvalue weighted by molar-refractivity contribution is 5.70. The molecule has 24 heavy (non-hydrogen) atoms. The Morgan fingerprint density at radius 1 is 1.17 bits per heavy atom. The lowest BCUT2D eigenvalue weighted by molar-refractivity contribution is -0.757. The fraction of sp³-hybridized carbons (Fsp3) is 0.438. The van der Waals surface area contributed by atoms with Gasteiger partial charge in [-0.05, 0) is 44.4 Å². The summed E-state index contributed by atoms with van der Waals surface area (Å²) in [5.41, 5.74) is 2.20. The van der Waals surface area contributed by atoms with E-state index >= 15 is 0 Å². The second kappa shape index (κ2) is 8.76. The van der Waals surface area contributed by atoms with Crippen molar-refractivity contribution < 1.29 is 29.7 Å². The van der Waals surface area contributed by atoms with E-state index in [-0.39, 0.29) is 37.6 Å². The zero-order valence-electron chi connectivity index (χ0n) is 13.9. The van der Waals surface area contributed by atoms with Crippen LogP contribution in [-0.2, 0) is 14.4 Å². The number of ether oxygens (including phenoxy) is 1. The lowest BCUT2D eigenvalue weighted by atomic mass is 9.97. The molecule has 0 aromatic heterocycles. The van der Waals surface area contributed by atoms with Crippen LogP contribution in [0.25, 0.3) is 6.08 Å². The van der Waals surface area contributed by atoms with Gasteiger partial charge in [0.2, 0.25) is 0 Å². The van der Waals surface area contributed by atoms with Crippen LogP contribution >= 0.6 is 0 Å². The number of phenolic OH excluding ortho intramolecular Hbond substituents is 2. The zero-order chi connectivity index (χ0) is 18.3. The monoisotopic (exact) mass is 339 g/mol. The van der Waals surface area contributed by atoms with Crippen molar-refractivity contribution >= 4 is 12.0 Å². The minimum atomic E-state index is -0.915. The maximum absolute atomic E-state index is 11.4. The van der Waals surface area contributed by atoms with E-state index in [1.54, 1.807) is 32.9 Å². The topological polar surface area (TPSA) is 119 Å². The fourth-order valence-electron chi connectivity index (χ4n) is 2.08. The first-order valence-corrected chi connectivity index (χ1v) is 7.36. The Balaban J connectivity index is 2.54. The number of carbonyl (C=O) groups excluding carboxylic acids is 1.